The largest absolute Gasteiger partial charge is 0.272 e. The molecule has 0 N–H and O–H groups in total. The lowest BCUT2D eigenvalue weighted by Gasteiger charge is -2.15. The third-order valence-electron chi connectivity index (χ3n) is 2.30. The molecular formula is C8H11FN2. The van der Waals surface area contributed by atoms with Gasteiger partial charge in [0.05, 0.1) is 6.20 Å². The fourth-order valence-electron chi connectivity index (χ4n) is 1.65. The lowest BCUT2D eigenvalue weighted by atomic mass is 9.96. The van der Waals surface area contributed by atoms with Gasteiger partial charge in [0, 0.05) is 18.3 Å². The number of aromatic nitrogens is 2. The van der Waals surface area contributed by atoms with Gasteiger partial charge in [0.25, 0.3) is 0 Å². The zero-order chi connectivity index (χ0) is 7.84. The highest BCUT2D eigenvalue weighted by atomic mass is 19.1. The molecule has 1 unspecified atom stereocenters. The topological polar surface area (TPSA) is 17.8 Å². The number of fused-ring (bicyclic) bond motifs is 1. The first kappa shape index (κ1) is 6.83. The second-order valence-electron chi connectivity index (χ2n) is 3.03. The van der Waals surface area contributed by atoms with Crippen LogP contribution in [0.25, 0.3) is 0 Å². The Morgan fingerprint density at radius 2 is 2.55 bits per heavy atom. The van der Waals surface area contributed by atoms with Gasteiger partial charge in [-0.15, -0.1) is 0 Å². The average molecular weight is 154 g/mol. The van der Waals surface area contributed by atoms with Crippen LogP contribution in [0.3, 0.4) is 0 Å². The highest BCUT2D eigenvalue weighted by Crippen LogP contribution is 2.31. The molecule has 0 aliphatic heterocycles. The van der Waals surface area contributed by atoms with Gasteiger partial charge in [-0.3, -0.25) is 4.68 Å². The summed E-state index contributed by atoms with van der Waals surface area (Å²) in [6.45, 7) is 0. The summed E-state index contributed by atoms with van der Waals surface area (Å²) >= 11 is 0. The van der Waals surface area contributed by atoms with Crippen LogP contribution in [0.15, 0.2) is 6.20 Å². The van der Waals surface area contributed by atoms with Crippen molar-refractivity contribution in [1.82, 2.24) is 9.78 Å². The van der Waals surface area contributed by atoms with Gasteiger partial charge >= 0.3 is 0 Å². The molecule has 1 aliphatic carbocycles. The highest BCUT2D eigenvalue weighted by molar-refractivity contribution is 5.22. The smallest absolute Gasteiger partial charge is 0.128 e. The molecule has 1 atom stereocenters. The van der Waals surface area contributed by atoms with Crippen molar-refractivity contribution in [3.05, 3.63) is 17.5 Å². The van der Waals surface area contributed by atoms with Crippen LogP contribution in [-0.2, 0) is 13.5 Å². The fraction of sp³-hybridized carbons (Fsp3) is 0.625. The van der Waals surface area contributed by atoms with E-state index >= 15 is 0 Å². The first-order valence-electron chi connectivity index (χ1n) is 3.94. The van der Waals surface area contributed by atoms with E-state index in [4.69, 9.17) is 0 Å². The van der Waals surface area contributed by atoms with Crippen molar-refractivity contribution in [3.8, 4) is 0 Å². The predicted octanol–water partition coefficient (Wildman–Crippen LogP) is 1.77. The van der Waals surface area contributed by atoms with E-state index in [0.717, 1.165) is 24.1 Å². The predicted molar refractivity (Wildman–Crippen MR) is 40.0 cm³/mol. The zero-order valence-electron chi connectivity index (χ0n) is 6.55. The molecule has 0 saturated heterocycles. The minimum atomic E-state index is -0.771. The molecule has 0 fully saturated rings. The van der Waals surface area contributed by atoms with Crippen molar-refractivity contribution in [2.24, 2.45) is 7.05 Å². The van der Waals surface area contributed by atoms with Gasteiger partial charge in [0.2, 0.25) is 0 Å². The number of halogens is 1. The number of hydrogen-bond donors (Lipinski definition) is 0. The van der Waals surface area contributed by atoms with Crippen LogP contribution < -0.4 is 0 Å². The second-order valence-corrected chi connectivity index (χ2v) is 3.03. The summed E-state index contributed by atoms with van der Waals surface area (Å²) in [6.07, 6.45) is 3.48. The maximum atomic E-state index is 13.1. The van der Waals surface area contributed by atoms with E-state index in [1.165, 1.54) is 0 Å². The van der Waals surface area contributed by atoms with Gasteiger partial charge in [0.15, 0.2) is 0 Å². The number of alkyl halides is 1. The van der Waals surface area contributed by atoms with E-state index in [2.05, 4.69) is 5.10 Å². The van der Waals surface area contributed by atoms with Gasteiger partial charge in [0.1, 0.15) is 6.17 Å². The number of aryl methyl sites for hydroxylation is 1. The van der Waals surface area contributed by atoms with Crippen LogP contribution in [0.4, 0.5) is 4.39 Å². The van der Waals surface area contributed by atoms with Crippen LogP contribution in [0.2, 0.25) is 0 Å². The van der Waals surface area contributed by atoms with Crippen LogP contribution in [0.5, 0.6) is 0 Å². The second kappa shape index (κ2) is 2.32. The Bertz CT molecular complexity index is 267. The molecule has 1 aromatic rings. The van der Waals surface area contributed by atoms with E-state index in [1.807, 2.05) is 7.05 Å². The van der Waals surface area contributed by atoms with E-state index in [1.54, 1.807) is 10.9 Å². The minimum Gasteiger partial charge on any atom is -0.272 e. The summed E-state index contributed by atoms with van der Waals surface area (Å²) in [7, 11) is 1.87. The van der Waals surface area contributed by atoms with Crippen molar-refractivity contribution < 1.29 is 4.39 Å². The molecule has 2 rings (SSSR count). The number of hydrogen-bond acceptors (Lipinski definition) is 1. The summed E-state index contributed by atoms with van der Waals surface area (Å²) in [6, 6.07) is 0. The standard InChI is InChI=1S/C8H11FN2/c1-11-8-4-2-3-7(9)6(8)5-10-11/h5,7H,2-4H2,1H3. The summed E-state index contributed by atoms with van der Waals surface area (Å²) in [4.78, 5) is 0. The lowest BCUT2D eigenvalue weighted by Crippen LogP contribution is -2.07. The summed E-state index contributed by atoms with van der Waals surface area (Å²) in [5, 5.41) is 4.03. The molecule has 1 heterocycles. The first-order chi connectivity index (χ1) is 5.29. The maximum Gasteiger partial charge on any atom is 0.128 e. The number of rotatable bonds is 0. The zero-order valence-corrected chi connectivity index (χ0v) is 6.55. The Morgan fingerprint density at radius 1 is 1.73 bits per heavy atom. The molecule has 2 nitrogen and oxygen atoms in total. The molecule has 0 bridgehead atoms. The van der Waals surface area contributed by atoms with Crippen LogP contribution in [-0.4, -0.2) is 9.78 Å². The minimum absolute atomic E-state index is 0.665. The molecule has 0 amide bonds. The first-order valence-corrected chi connectivity index (χ1v) is 3.94. The summed E-state index contributed by atoms with van der Waals surface area (Å²) in [5.74, 6) is 0. The van der Waals surface area contributed by atoms with Crippen LogP contribution in [0.1, 0.15) is 30.3 Å². The summed E-state index contributed by atoms with van der Waals surface area (Å²) in [5.41, 5.74) is 1.88. The Labute approximate surface area is 65.0 Å². The quantitative estimate of drug-likeness (QED) is 0.556. The normalized spacial score (nSPS) is 23.3. The van der Waals surface area contributed by atoms with Crippen molar-refractivity contribution in [2.75, 3.05) is 0 Å². The van der Waals surface area contributed by atoms with Crippen molar-refractivity contribution in [1.29, 1.82) is 0 Å². The molecule has 60 valence electrons. The molecule has 0 radical (unpaired) electrons. The third-order valence-corrected chi connectivity index (χ3v) is 2.30. The van der Waals surface area contributed by atoms with E-state index in [-0.39, 0.29) is 0 Å². The lowest BCUT2D eigenvalue weighted by molar-refractivity contribution is 0.300. The molecule has 0 spiro atoms. The van der Waals surface area contributed by atoms with Gasteiger partial charge < -0.3 is 0 Å². The molecular weight excluding hydrogens is 143 g/mol. The van der Waals surface area contributed by atoms with Crippen molar-refractivity contribution >= 4 is 0 Å². The Balaban J connectivity index is 2.46. The molecule has 3 heteroatoms. The van der Waals surface area contributed by atoms with Crippen molar-refractivity contribution in [2.45, 2.75) is 25.4 Å². The van der Waals surface area contributed by atoms with Crippen molar-refractivity contribution in [3.63, 3.8) is 0 Å². The fourth-order valence-corrected chi connectivity index (χ4v) is 1.65. The van der Waals surface area contributed by atoms with Gasteiger partial charge in [-0.25, -0.2) is 4.39 Å². The van der Waals surface area contributed by atoms with E-state index < -0.39 is 6.17 Å². The monoisotopic (exact) mass is 154 g/mol. The Hall–Kier alpha value is -0.860. The van der Waals surface area contributed by atoms with Gasteiger partial charge in [-0.1, -0.05) is 0 Å². The molecule has 1 aromatic heterocycles. The van der Waals surface area contributed by atoms with Crippen LogP contribution >= 0.6 is 0 Å². The SMILES string of the molecule is Cn1ncc2c1CCCC2F. The third kappa shape index (κ3) is 0.951. The Kier molecular flexibility index (Phi) is 1.44. The molecule has 1 aliphatic rings. The van der Waals surface area contributed by atoms with Gasteiger partial charge in [-0.05, 0) is 19.3 Å². The molecule has 11 heavy (non-hydrogen) atoms. The summed E-state index contributed by atoms with van der Waals surface area (Å²) < 4.78 is 14.9. The van der Waals surface area contributed by atoms with Gasteiger partial charge in [-0.2, -0.15) is 5.10 Å². The van der Waals surface area contributed by atoms with E-state index in [0.29, 0.717) is 6.42 Å². The van der Waals surface area contributed by atoms with Crippen LogP contribution in [0, 0.1) is 0 Å². The Morgan fingerprint density at radius 3 is 3.27 bits per heavy atom. The number of nitrogens with zero attached hydrogens (tertiary/aromatic N) is 2. The maximum absolute atomic E-state index is 13.1. The highest BCUT2D eigenvalue weighted by Gasteiger charge is 2.22. The average Bonchev–Trinajstić information content (AvgIpc) is 2.35. The molecule has 0 aromatic carbocycles. The van der Waals surface area contributed by atoms with E-state index in [9.17, 15) is 4.39 Å². The molecule has 0 saturated carbocycles.